The Morgan fingerprint density at radius 3 is 2.94 bits per heavy atom. The molecule has 18 heavy (non-hydrogen) atoms. The number of ether oxygens (including phenoxy) is 1. The van der Waals surface area contributed by atoms with Crippen LogP contribution in [-0.4, -0.2) is 47.3 Å². The molecule has 98 valence electrons. The van der Waals surface area contributed by atoms with E-state index in [0.717, 1.165) is 25.9 Å². The highest BCUT2D eigenvalue weighted by atomic mass is 16.5. The average Bonchev–Trinajstić information content (AvgIpc) is 2.40. The normalized spacial score (nSPS) is 19.5. The highest BCUT2D eigenvalue weighted by Crippen LogP contribution is 2.14. The molecule has 6 heteroatoms. The van der Waals surface area contributed by atoms with Gasteiger partial charge in [-0.05, 0) is 31.4 Å². The molecule has 0 aromatic carbocycles. The summed E-state index contributed by atoms with van der Waals surface area (Å²) in [5.74, 6) is 0.154. The summed E-state index contributed by atoms with van der Waals surface area (Å²) in [7, 11) is 1.75. The summed E-state index contributed by atoms with van der Waals surface area (Å²) >= 11 is 0. The molecule has 1 unspecified atom stereocenters. The van der Waals surface area contributed by atoms with Crippen molar-refractivity contribution in [2.24, 2.45) is 0 Å². The topological polar surface area (TPSA) is 81.3 Å². The van der Waals surface area contributed by atoms with Crippen LogP contribution in [0.25, 0.3) is 0 Å². The van der Waals surface area contributed by atoms with Crippen LogP contribution in [0.15, 0.2) is 12.1 Å². The minimum Gasteiger partial charge on any atom is -0.382 e. The number of nitrogens with zero attached hydrogens (tertiary/aromatic N) is 3. The first-order valence-corrected chi connectivity index (χ1v) is 6.13. The van der Waals surface area contributed by atoms with Crippen LogP contribution in [0, 0.1) is 0 Å². The van der Waals surface area contributed by atoms with E-state index in [-0.39, 0.29) is 12.0 Å². The average molecular weight is 250 g/mol. The predicted molar refractivity (Wildman–Crippen MR) is 67.0 cm³/mol. The molecule has 2 rings (SSSR count). The molecule has 1 atom stereocenters. The van der Waals surface area contributed by atoms with Crippen molar-refractivity contribution in [2.45, 2.75) is 25.4 Å². The molecule has 0 aliphatic carbocycles. The highest BCUT2D eigenvalue weighted by molar-refractivity contribution is 5.92. The van der Waals surface area contributed by atoms with E-state index >= 15 is 0 Å². The van der Waals surface area contributed by atoms with Gasteiger partial charge in [-0.15, -0.1) is 10.2 Å². The summed E-state index contributed by atoms with van der Waals surface area (Å²) in [6.45, 7) is 1.37. The number of anilines is 1. The second kappa shape index (κ2) is 5.77. The Hall–Kier alpha value is -1.69. The monoisotopic (exact) mass is 250 g/mol. The third-order valence-corrected chi connectivity index (χ3v) is 3.00. The van der Waals surface area contributed by atoms with Crippen LogP contribution in [0.1, 0.15) is 29.8 Å². The summed E-state index contributed by atoms with van der Waals surface area (Å²) in [5.41, 5.74) is 5.74. The molecule has 0 spiro atoms. The van der Waals surface area contributed by atoms with Gasteiger partial charge in [0.25, 0.3) is 5.91 Å². The van der Waals surface area contributed by atoms with Crippen LogP contribution in [0.2, 0.25) is 0 Å². The number of hydrogen-bond donors (Lipinski definition) is 1. The fraction of sp³-hybridized carbons (Fsp3) is 0.583. The van der Waals surface area contributed by atoms with Crippen molar-refractivity contribution in [3.8, 4) is 0 Å². The smallest absolute Gasteiger partial charge is 0.274 e. The minimum atomic E-state index is -0.156. The standard InChI is InChI=1S/C12H18N4O2/c1-16(8-9-4-2-3-7-18-9)12(17)10-5-6-11(13)15-14-10/h5-6,9H,2-4,7-8H2,1H3,(H2,13,15). The molecule has 1 aliphatic heterocycles. The van der Waals surface area contributed by atoms with E-state index in [4.69, 9.17) is 10.5 Å². The number of likely N-dealkylation sites (N-methyl/N-ethyl adjacent to an activating group) is 1. The number of amides is 1. The molecular weight excluding hydrogens is 232 g/mol. The second-order valence-electron chi connectivity index (χ2n) is 4.52. The molecule has 0 saturated carbocycles. The molecule has 2 N–H and O–H groups in total. The van der Waals surface area contributed by atoms with E-state index in [1.54, 1.807) is 24.1 Å². The van der Waals surface area contributed by atoms with Crippen molar-refractivity contribution < 1.29 is 9.53 Å². The number of nitrogens with two attached hydrogens (primary N) is 1. The van der Waals surface area contributed by atoms with Crippen molar-refractivity contribution in [1.82, 2.24) is 15.1 Å². The van der Waals surface area contributed by atoms with Crippen molar-refractivity contribution in [3.63, 3.8) is 0 Å². The maximum absolute atomic E-state index is 12.1. The van der Waals surface area contributed by atoms with Gasteiger partial charge < -0.3 is 15.4 Å². The SMILES string of the molecule is CN(CC1CCCCO1)C(=O)c1ccc(N)nn1. The summed E-state index contributed by atoms with van der Waals surface area (Å²) in [6.07, 6.45) is 3.41. The number of nitrogen functional groups attached to an aromatic ring is 1. The summed E-state index contributed by atoms with van der Waals surface area (Å²) in [6, 6.07) is 3.16. The van der Waals surface area contributed by atoms with E-state index < -0.39 is 0 Å². The van der Waals surface area contributed by atoms with Crippen molar-refractivity contribution in [2.75, 3.05) is 25.9 Å². The van der Waals surface area contributed by atoms with Gasteiger partial charge in [-0.2, -0.15) is 0 Å². The molecule has 0 radical (unpaired) electrons. The number of hydrogen-bond acceptors (Lipinski definition) is 5. The first kappa shape index (κ1) is 12.8. The van der Waals surface area contributed by atoms with E-state index in [2.05, 4.69) is 10.2 Å². The Bertz CT molecular complexity index is 401. The Labute approximate surface area is 106 Å². The van der Waals surface area contributed by atoms with Crippen LogP contribution >= 0.6 is 0 Å². The molecule has 1 aromatic rings. The molecular formula is C12H18N4O2. The molecule has 0 bridgehead atoms. The van der Waals surface area contributed by atoms with Gasteiger partial charge in [-0.1, -0.05) is 0 Å². The fourth-order valence-electron chi connectivity index (χ4n) is 1.99. The Kier molecular flexibility index (Phi) is 4.09. The van der Waals surface area contributed by atoms with Gasteiger partial charge in [0.1, 0.15) is 5.82 Å². The molecule has 1 saturated heterocycles. The third kappa shape index (κ3) is 3.16. The van der Waals surface area contributed by atoms with Crippen LogP contribution in [0.5, 0.6) is 0 Å². The van der Waals surface area contributed by atoms with Crippen molar-refractivity contribution in [1.29, 1.82) is 0 Å². The van der Waals surface area contributed by atoms with Gasteiger partial charge in [-0.3, -0.25) is 4.79 Å². The first-order chi connectivity index (χ1) is 8.66. The molecule has 1 aromatic heterocycles. The highest BCUT2D eigenvalue weighted by Gasteiger charge is 2.20. The van der Waals surface area contributed by atoms with E-state index in [9.17, 15) is 4.79 Å². The molecule has 1 aliphatic rings. The maximum atomic E-state index is 12.1. The van der Waals surface area contributed by atoms with Gasteiger partial charge in [-0.25, -0.2) is 0 Å². The van der Waals surface area contributed by atoms with Gasteiger partial charge >= 0.3 is 0 Å². The van der Waals surface area contributed by atoms with Crippen LogP contribution in [0.3, 0.4) is 0 Å². The van der Waals surface area contributed by atoms with Gasteiger partial charge in [0, 0.05) is 20.2 Å². The summed E-state index contributed by atoms with van der Waals surface area (Å²) < 4.78 is 5.60. The van der Waals surface area contributed by atoms with E-state index in [1.807, 2.05) is 0 Å². The Morgan fingerprint density at radius 2 is 2.33 bits per heavy atom. The summed E-state index contributed by atoms with van der Waals surface area (Å²) in [5, 5.41) is 7.46. The molecule has 2 heterocycles. The number of carbonyl (C=O) groups excluding carboxylic acids is 1. The lowest BCUT2D eigenvalue weighted by Gasteiger charge is -2.27. The predicted octanol–water partition coefficient (Wildman–Crippen LogP) is 0.700. The lowest BCUT2D eigenvalue weighted by Crippen LogP contribution is -2.37. The van der Waals surface area contributed by atoms with Crippen molar-refractivity contribution >= 4 is 11.7 Å². The third-order valence-electron chi connectivity index (χ3n) is 3.00. The van der Waals surface area contributed by atoms with E-state index in [0.29, 0.717) is 18.1 Å². The van der Waals surface area contributed by atoms with Crippen LogP contribution in [-0.2, 0) is 4.74 Å². The zero-order valence-corrected chi connectivity index (χ0v) is 10.5. The quantitative estimate of drug-likeness (QED) is 0.854. The zero-order chi connectivity index (χ0) is 13.0. The number of rotatable bonds is 3. The zero-order valence-electron chi connectivity index (χ0n) is 10.5. The maximum Gasteiger partial charge on any atom is 0.274 e. The molecule has 6 nitrogen and oxygen atoms in total. The second-order valence-corrected chi connectivity index (χ2v) is 4.52. The minimum absolute atomic E-state index is 0.134. The summed E-state index contributed by atoms with van der Waals surface area (Å²) in [4.78, 5) is 13.7. The largest absolute Gasteiger partial charge is 0.382 e. The fourth-order valence-corrected chi connectivity index (χ4v) is 1.99. The van der Waals surface area contributed by atoms with Crippen LogP contribution in [0.4, 0.5) is 5.82 Å². The van der Waals surface area contributed by atoms with Crippen molar-refractivity contribution in [3.05, 3.63) is 17.8 Å². The van der Waals surface area contributed by atoms with Gasteiger partial charge in [0.15, 0.2) is 5.69 Å². The lowest BCUT2D eigenvalue weighted by molar-refractivity contribution is -0.000309. The molecule has 1 amide bonds. The van der Waals surface area contributed by atoms with Gasteiger partial charge in [0.05, 0.1) is 6.10 Å². The lowest BCUT2D eigenvalue weighted by atomic mass is 10.1. The van der Waals surface area contributed by atoms with Crippen LogP contribution < -0.4 is 5.73 Å². The number of carbonyl (C=O) groups is 1. The van der Waals surface area contributed by atoms with Gasteiger partial charge in [0.2, 0.25) is 0 Å². The molecule has 1 fully saturated rings. The Morgan fingerprint density at radius 1 is 1.50 bits per heavy atom. The first-order valence-electron chi connectivity index (χ1n) is 6.13. The van der Waals surface area contributed by atoms with E-state index in [1.165, 1.54) is 0 Å². The Balaban J connectivity index is 1.93. The number of aromatic nitrogens is 2.